The number of nitriles is 1. The summed E-state index contributed by atoms with van der Waals surface area (Å²) in [5, 5.41) is 34.0. The summed E-state index contributed by atoms with van der Waals surface area (Å²) < 4.78 is 88.6. The number of aryl methyl sites for hydroxylation is 1. The van der Waals surface area contributed by atoms with E-state index in [2.05, 4.69) is 32.7 Å². The second-order valence-corrected chi connectivity index (χ2v) is 13.6. The monoisotopic (exact) mass is 768 g/mol. The third-order valence-corrected chi connectivity index (χ3v) is 8.94. The molecule has 0 aliphatic heterocycles. The van der Waals surface area contributed by atoms with E-state index in [-0.39, 0.29) is 46.9 Å². The van der Waals surface area contributed by atoms with Gasteiger partial charge in [-0.1, -0.05) is 23.6 Å². The number of rotatable bonds is 10. The molecule has 3 aromatic heterocycles. The predicted octanol–water partition coefficient (Wildman–Crippen LogP) is 6.90. The van der Waals surface area contributed by atoms with Gasteiger partial charge in [-0.15, -0.1) is 0 Å². The third-order valence-electron chi connectivity index (χ3n) is 8.63. The van der Waals surface area contributed by atoms with Crippen LogP contribution >= 0.6 is 11.6 Å². The molecule has 0 radical (unpaired) electrons. The van der Waals surface area contributed by atoms with Gasteiger partial charge in [-0.3, -0.25) is 14.2 Å². The predicted molar refractivity (Wildman–Crippen MR) is 187 cm³/mol. The molecule has 3 N–H and O–H groups in total. The highest BCUT2D eigenvalue weighted by Crippen LogP contribution is 2.45. The van der Waals surface area contributed by atoms with Crippen LogP contribution in [0.15, 0.2) is 42.5 Å². The Balaban J connectivity index is 1.52. The second kappa shape index (κ2) is 14.7. The van der Waals surface area contributed by atoms with E-state index in [1.54, 1.807) is 31.3 Å². The summed E-state index contributed by atoms with van der Waals surface area (Å²) >= 11 is 6.62. The van der Waals surface area contributed by atoms with Crippen molar-refractivity contribution >= 4 is 34.2 Å². The Labute approximate surface area is 309 Å². The Morgan fingerprint density at radius 3 is 2.46 bits per heavy atom. The summed E-state index contributed by atoms with van der Waals surface area (Å²) in [4.78, 5) is 18.5. The lowest BCUT2D eigenvalue weighted by Crippen LogP contribution is -2.35. The molecule has 0 saturated carbocycles. The molecular weight excluding hydrogens is 738 g/mol. The van der Waals surface area contributed by atoms with E-state index in [4.69, 9.17) is 16.6 Å². The summed E-state index contributed by atoms with van der Waals surface area (Å²) in [5.74, 6) is -0.540. The van der Waals surface area contributed by atoms with Crippen molar-refractivity contribution in [2.45, 2.75) is 63.6 Å². The smallest absolute Gasteiger partial charge is 0.290 e. The molecule has 5 aromatic rings. The fourth-order valence-electron chi connectivity index (χ4n) is 6.52. The van der Waals surface area contributed by atoms with Crippen LogP contribution in [0.25, 0.3) is 22.0 Å². The van der Waals surface area contributed by atoms with E-state index >= 15 is 0 Å². The van der Waals surface area contributed by atoms with Crippen molar-refractivity contribution < 1.29 is 36.2 Å². The minimum atomic E-state index is -3.51. The minimum Gasteiger partial charge on any atom is -0.378 e. The lowest BCUT2D eigenvalue weighted by molar-refractivity contribution is -0.122. The summed E-state index contributed by atoms with van der Waals surface area (Å²) in [6, 6.07) is 9.88. The molecule has 280 valence electrons. The van der Waals surface area contributed by atoms with E-state index < -0.39 is 65.9 Å². The number of pyridine rings is 1. The molecule has 0 spiro atoms. The van der Waals surface area contributed by atoms with E-state index in [1.165, 1.54) is 18.5 Å². The fourth-order valence-corrected chi connectivity index (χ4v) is 6.76. The molecule has 6 rings (SSSR count). The second-order valence-electron chi connectivity index (χ2n) is 13.2. The summed E-state index contributed by atoms with van der Waals surface area (Å²) in [5.41, 5.74) is -1.77. The molecule has 0 saturated heterocycles. The van der Waals surface area contributed by atoms with Crippen LogP contribution in [0.4, 0.5) is 32.2 Å². The van der Waals surface area contributed by atoms with Gasteiger partial charge in [0.15, 0.2) is 5.82 Å². The quantitative estimate of drug-likeness (QED) is 0.0800. The van der Waals surface area contributed by atoms with Crippen LogP contribution in [0.2, 0.25) is 5.02 Å². The van der Waals surface area contributed by atoms with Gasteiger partial charge in [0.05, 0.1) is 33.7 Å². The minimum absolute atomic E-state index is 0.0785. The highest BCUT2D eigenvalue weighted by Gasteiger charge is 2.46. The van der Waals surface area contributed by atoms with Crippen LogP contribution in [0.1, 0.15) is 66.6 Å². The van der Waals surface area contributed by atoms with Crippen molar-refractivity contribution in [3.63, 3.8) is 0 Å². The topological polar surface area (TPSA) is 134 Å². The average molecular weight is 769 g/mol. The summed E-state index contributed by atoms with van der Waals surface area (Å²) in [6.07, 6.45) is -4.53. The van der Waals surface area contributed by atoms with E-state index in [1.807, 2.05) is 6.07 Å². The van der Waals surface area contributed by atoms with Gasteiger partial charge >= 0.3 is 0 Å². The van der Waals surface area contributed by atoms with Crippen LogP contribution in [0.5, 0.6) is 0 Å². The zero-order valence-corrected chi connectivity index (χ0v) is 29.7. The highest BCUT2D eigenvalue weighted by atomic mass is 35.5. The number of alkyl halides is 4. The molecule has 0 fully saturated rings. The van der Waals surface area contributed by atoms with Crippen LogP contribution in [-0.2, 0) is 37.2 Å². The van der Waals surface area contributed by atoms with E-state index in [0.29, 0.717) is 38.6 Å². The largest absolute Gasteiger partial charge is 0.378 e. The first-order valence-electron chi connectivity index (χ1n) is 16.5. The lowest BCUT2D eigenvalue weighted by atomic mass is 9.93. The van der Waals surface area contributed by atoms with Crippen LogP contribution in [0.3, 0.4) is 0 Å². The molecule has 1 aliphatic carbocycles. The Bertz CT molecular complexity index is 2370. The number of nitrogens with zero attached hydrogens (tertiary/aromatic N) is 6. The molecule has 3 heterocycles. The van der Waals surface area contributed by atoms with Crippen LogP contribution in [0, 0.1) is 34.8 Å². The fraction of sp³-hybridized carbons (Fsp3) is 0.324. The Kier molecular flexibility index (Phi) is 10.4. The normalized spacial score (nSPS) is 14.1. The number of halogens is 7. The number of amides is 1. The highest BCUT2D eigenvalue weighted by molar-refractivity contribution is 6.37. The number of benzene rings is 2. The number of nitrogens with one attached hydrogen (secondary N) is 2. The molecule has 1 unspecified atom stereocenters. The Hall–Kier alpha value is -5.58. The molecule has 2 aromatic carbocycles. The molecule has 1 atom stereocenters. The van der Waals surface area contributed by atoms with Gasteiger partial charge in [-0.25, -0.2) is 22.5 Å². The van der Waals surface area contributed by atoms with Crippen LogP contribution < -0.4 is 10.6 Å². The standard InChI is InChI=1S/C37H31ClF6N8O2/c1-36(2,54)10-8-22-4-5-23(24-6-7-26(38)29-32(24)51(3)50-35(29)46-13-12-45)30(47-22)27(16-19-14-20(39)17-21(40)15-19)48-28(53)18-52-33-25(9-11-37(33,43)44)31(49-52)34(41)42/h4-7,14-15,17,27,34,54H,9,11,13,16,18H2,1-3H3,(H,46,50)(H,48,53). The maximum atomic E-state index is 14.9. The number of hydrogen-bond donors (Lipinski definition) is 3. The SMILES string of the molecule is Cn1nc(NCC#N)c2c(Cl)ccc(-c3ccc(C#CC(C)(C)O)nc3C(Cc3cc(F)cc(F)c3)NC(=O)Cn3nc(C(F)F)c4c3C(F)(F)CC4)c21. The molecule has 1 aliphatic rings. The van der Waals surface area contributed by atoms with Crippen molar-refractivity contribution in [1.29, 1.82) is 5.26 Å². The Morgan fingerprint density at radius 1 is 1.09 bits per heavy atom. The first-order valence-corrected chi connectivity index (χ1v) is 16.9. The van der Waals surface area contributed by atoms with Gasteiger partial charge < -0.3 is 15.7 Å². The van der Waals surface area contributed by atoms with Gasteiger partial charge in [0.25, 0.3) is 12.3 Å². The molecule has 1 amide bonds. The van der Waals surface area contributed by atoms with Gasteiger partial charge in [0, 0.05) is 36.2 Å². The first kappa shape index (κ1) is 38.2. The van der Waals surface area contributed by atoms with Crippen molar-refractivity contribution in [1.82, 2.24) is 29.9 Å². The molecule has 0 bridgehead atoms. The lowest BCUT2D eigenvalue weighted by Gasteiger charge is -2.23. The number of carbonyl (C=O) groups excluding carboxylic acids is 1. The number of fused-ring (bicyclic) bond motifs is 2. The number of aliphatic hydroxyl groups is 1. The maximum absolute atomic E-state index is 14.9. The Morgan fingerprint density at radius 2 is 1.80 bits per heavy atom. The van der Waals surface area contributed by atoms with Gasteiger partial charge in [-0.2, -0.15) is 24.2 Å². The molecule has 17 heteroatoms. The van der Waals surface area contributed by atoms with Crippen molar-refractivity contribution in [3.8, 4) is 29.0 Å². The van der Waals surface area contributed by atoms with Gasteiger partial charge in [0.2, 0.25) is 5.91 Å². The third kappa shape index (κ3) is 7.85. The van der Waals surface area contributed by atoms with E-state index in [9.17, 15) is 41.5 Å². The number of hydrogen-bond acceptors (Lipinski definition) is 7. The maximum Gasteiger partial charge on any atom is 0.290 e. The number of carbonyl (C=O) groups is 1. The van der Waals surface area contributed by atoms with Gasteiger partial charge in [-0.05, 0) is 68.5 Å². The van der Waals surface area contributed by atoms with E-state index in [0.717, 1.165) is 12.1 Å². The van der Waals surface area contributed by atoms with Crippen molar-refractivity contribution in [3.05, 3.63) is 93.0 Å². The molecule has 10 nitrogen and oxygen atoms in total. The average Bonchev–Trinajstić information content (AvgIpc) is 3.73. The zero-order chi connectivity index (χ0) is 39.1. The summed E-state index contributed by atoms with van der Waals surface area (Å²) in [7, 11) is 1.64. The van der Waals surface area contributed by atoms with Crippen molar-refractivity contribution in [2.24, 2.45) is 7.05 Å². The van der Waals surface area contributed by atoms with Crippen molar-refractivity contribution in [2.75, 3.05) is 11.9 Å². The number of anilines is 1. The van der Waals surface area contributed by atoms with Gasteiger partial charge in [0.1, 0.15) is 47.4 Å². The number of aromatic nitrogens is 5. The zero-order valence-electron chi connectivity index (χ0n) is 28.9. The summed E-state index contributed by atoms with van der Waals surface area (Å²) in [6.45, 7) is 1.93. The van der Waals surface area contributed by atoms with Crippen LogP contribution in [-0.4, -0.2) is 47.7 Å². The molecule has 54 heavy (non-hydrogen) atoms. The first-order chi connectivity index (χ1) is 25.5. The molecular formula is C37H31ClF6N8O2.